The first kappa shape index (κ1) is 14.3. The largest absolute Gasteiger partial charge is 0.396 e. The highest BCUT2D eigenvalue weighted by atomic mass is 35.5. The minimum absolute atomic E-state index is 0.0892. The van der Waals surface area contributed by atoms with E-state index in [-0.39, 0.29) is 12.0 Å². The molecular formula is C13H20ClNO2S. The molecule has 1 unspecified atom stereocenters. The molecule has 5 heteroatoms. The molecule has 1 aromatic rings. The summed E-state index contributed by atoms with van der Waals surface area (Å²) in [6, 6.07) is 3.99. The molecule has 1 saturated heterocycles. The number of aliphatic hydroxyl groups excluding tert-OH is 1. The third-order valence-electron chi connectivity index (χ3n) is 3.40. The lowest BCUT2D eigenvalue weighted by atomic mass is 9.83. The van der Waals surface area contributed by atoms with Crippen molar-refractivity contribution in [3.63, 3.8) is 0 Å². The van der Waals surface area contributed by atoms with Crippen LogP contribution in [0.2, 0.25) is 4.34 Å². The lowest BCUT2D eigenvalue weighted by Gasteiger charge is -2.38. The van der Waals surface area contributed by atoms with Crippen LogP contribution in [-0.4, -0.2) is 43.4 Å². The van der Waals surface area contributed by atoms with Crippen LogP contribution in [0.1, 0.15) is 17.7 Å². The summed E-state index contributed by atoms with van der Waals surface area (Å²) in [6.45, 7) is 3.42. The normalized spacial score (nSPS) is 24.7. The summed E-state index contributed by atoms with van der Waals surface area (Å²) in [5.74, 6) is 0. The second kappa shape index (κ2) is 6.35. The number of nitrogens with zero attached hydrogens (tertiary/aromatic N) is 1. The summed E-state index contributed by atoms with van der Waals surface area (Å²) in [5, 5.41) is 9.64. The molecule has 1 atom stereocenters. The molecule has 1 aromatic heterocycles. The fourth-order valence-corrected chi connectivity index (χ4v) is 3.71. The van der Waals surface area contributed by atoms with Gasteiger partial charge in [0.25, 0.3) is 0 Å². The molecule has 1 N–H and O–H groups in total. The van der Waals surface area contributed by atoms with Gasteiger partial charge in [0, 0.05) is 30.0 Å². The van der Waals surface area contributed by atoms with Gasteiger partial charge in [-0.05, 0) is 32.0 Å². The Morgan fingerprint density at radius 2 is 2.39 bits per heavy atom. The van der Waals surface area contributed by atoms with Gasteiger partial charge in [0.1, 0.15) is 0 Å². The minimum atomic E-state index is -0.0892. The van der Waals surface area contributed by atoms with Crippen molar-refractivity contribution in [3.8, 4) is 0 Å². The Bertz CT molecular complexity index is 377. The van der Waals surface area contributed by atoms with Crippen LogP contribution in [0.25, 0.3) is 0 Å². The second-order valence-corrected chi connectivity index (χ2v) is 6.99. The SMILES string of the molecule is CN(Cc1ccc(Cl)s1)CC1(CO)CCCOC1. The number of aliphatic hydroxyl groups is 1. The monoisotopic (exact) mass is 289 g/mol. The van der Waals surface area contributed by atoms with Gasteiger partial charge < -0.3 is 14.7 Å². The lowest BCUT2D eigenvalue weighted by molar-refractivity contribution is -0.0530. The molecule has 1 aliphatic heterocycles. The van der Waals surface area contributed by atoms with Gasteiger partial charge in [-0.1, -0.05) is 11.6 Å². The van der Waals surface area contributed by atoms with Crippen molar-refractivity contribution in [2.45, 2.75) is 19.4 Å². The summed E-state index contributed by atoms with van der Waals surface area (Å²) in [5.41, 5.74) is -0.0892. The van der Waals surface area contributed by atoms with Crippen LogP contribution in [0.15, 0.2) is 12.1 Å². The third kappa shape index (κ3) is 3.68. The van der Waals surface area contributed by atoms with Crippen LogP contribution < -0.4 is 0 Å². The molecule has 0 spiro atoms. The Labute approximate surface area is 117 Å². The fraction of sp³-hybridized carbons (Fsp3) is 0.692. The predicted octanol–water partition coefficient (Wildman–Crippen LogP) is 2.62. The number of hydrogen-bond acceptors (Lipinski definition) is 4. The third-order valence-corrected chi connectivity index (χ3v) is 4.62. The Morgan fingerprint density at radius 1 is 1.56 bits per heavy atom. The van der Waals surface area contributed by atoms with Crippen LogP contribution in [0, 0.1) is 5.41 Å². The molecule has 0 aromatic carbocycles. The van der Waals surface area contributed by atoms with E-state index in [1.54, 1.807) is 11.3 Å². The standard InChI is InChI=1S/C13H20ClNO2S/c1-15(7-11-3-4-12(14)18-11)8-13(9-16)5-2-6-17-10-13/h3-4,16H,2,5-10H2,1H3. The minimum Gasteiger partial charge on any atom is -0.396 e. The molecule has 18 heavy (non-hydrogen) atoms. The van der Waals surface area contributed by atoms with Gasteiger partial charge in [-0.2, -0.15) is 0 Å². The van der Waals surface area contributed by atoms with E-state index in [4.69, 9.17) is 16.3 Å². The lowest BCUT2D eigenvalue weighted by Crippen LogP contribution is -2.44. The highest BCUT2D eigenvalue weighted by Gasteiger charge is 2.33. The van der Waals surface area contributed by atoms with Gasteiger partial charge in [0.05, 0.1) is 17.6 Å². The number of thiophene rings is 1. The van der Waals surface area contributed by atoms with E-state index in [2.05, 4.69) is 18.0 Å². The summed E-state index contributed by atoms with van der Waals surface area (Å²) in [7, 11) is 2.08. The van der Waals surface area contributed by atoms with Gasteiger partial charge in [-0.15, -0.1) is 11.3 Å². The topological polar surface area (TPSA) is 32.7 Å². The molecule has 102 valence electrons. The van der Waals surface area contributed by atoms with E-state index in [1.165, 1.54) is 4.88 Å². The summed E-state index contributed by atoms with van der Waals surface area (Å²) in [6.07, 6.45) is 2.08. The van der Waals surface area contributed by atoms with Gasteiger partial charge >= 0.3 is 0 Å². The van der Waals surface area contributed by atoms with Crippen LogP contribution in [-0.2, 0) is 11.3 Å². The smallest absolute Gasteiger partial charge is 0.0931 e. The van der Waals surface area contributed by atoms with Crippen molar-refractivity contribution in [3.05, 3.63) is 21.3 Å². The number of halogens is 1. The molecule has 0 amide bonds. The highest BCUT2D eigenvalue weighted by molar-refractivity contribution is 7.16. The van der Waals surface area contributed by atoms with Crippen molar-refractivity contribution in [2.24, 2.45) is 5.41 Å². The molecule has 2 rings (SSSR count). The number of rotatable bonds is 5. The zero-order valence-corrected chi connectivity index (χ0v) is 12.3. The van der Waals surface area contributed by atoms with Crippen LogP contribution in [0.4, 0.5) is 0 Å². The molecular weight excluding hydrogens is 270 g/mol. The summed E-state index contributed by atoms with van der Waals surface area (Å²) in [4.78, 5) is 3.50. The average molecular weight is 290 g/mol. The first-order valence-electron chi connectivity index (χ1n) is 6.25. The zero-order chi connectivity index (χ0) is 13.0. The summed E-state index contributed by atoms with van der Waals surface area (Å²) >= 11 is 7.55. The second-order valence-electron chi connectivity index (χ2n) is 5.19. The van der Waals surface area contributed by atoms with Crippen molar-refractivity contribution < 1.29 is 9.84 Å². The van der Waals surface area contributed by atoms with Crippen LogP contribution >= 0.6 is 22.9 Å². The first-order valence-corrected chi connectivity index (χ1v) is 7.44. The van der Waals surface area contributed by atoms with Gasteiger partial charge in [-0.3, -0.25) is 0 Å². The van der Waals surface area contributed by atoms with Gasteiger partial charge in [-0.25, -0.2) is 0 Å². The number of ether oxygens (including phenoxy) is 1. The molecule has 2 heterocycles. The van der Waals surface area contributed by atoms with Crippen LogP contribution in [0.5, 0.6) is 0 Å². The highest BCUT2D eigenvalue weighted by Crippen LogP contribution is 2.30. The van der Waals surface area contributed by atoms with Gasteiger partial charge in [0.2, 0.25) is 0 Å². The molecule has 3 nitrogen and oxygen atoms in total. The molecule has 1 fully saturated rings. The van der Waals surface area contributed by atoms with E-state index in [9.17, 15) is 5.11 Å². The van der Waals surface area contributed by atoms with Crippen LogP contribution in [0.3, 0.4) is 0 Å². The maximum absolute atomic E-state index is 9.64. The van der Waals surface area contributed by atoms with E-state index >= 15 is 0 Å². The molecule has 0 saturated carbocycles. The van der Waals surface area contributed by atoms with Crippen molar-refractivity contribution in [1.29, 1.82) is 0 Å². The van der Waals surface area contributed by atoms with Crippen molar-refractivity contribution in [2.75, 3.05) is 33.4 Å². The Balaban J connectivity index is 1.90. The zero-order valence-electron chi connectivity index (χ0n) is 10.7. The maximum Gasteiger partial charge on any atom is 0.0931 e. The van der Waals surface area contributed by atoms with E-state index in [0.717, 1.165) is 36.9 Å². The Hall–Kier alpha value is -0.130. The summed E-state index contributed by atoms with van der Waals surface area (Å²) < 4.78 is 6.36. The predicted molar refractivity (Wildman–Crippen MR) is 75.2 cm³/mol. The molecule has 1 aliphatic rings. The van der Waals surface area contributed by atoms with Crippen molar-refractivity contribution >= 4 is 22.9 Å². The Morgan fingerprint density at radius 3 is 2.94 bits per heavy atom. The number of hydrogen-bond donors (Lipinski definition) is 1. The first-order chi connectivity index (χ1) is 8.63. The average Bonchev–Trinajstić information content (AvgIpc) is 2.75. The van der Waals surface area contributed by atoms with E-state index < -0.39 is 0 Å². The van der Waals surface area contributed by atoms with E-state index in [1.807, 2.05) is 6.07 Å². The van der Waals surface area contributed by atoms with Gasteiger partial charge in [0.15, 0.2) is 0 Å². The quantitative estimate of drug-likeness (QED) is 0.904. The Kier molecular flexibility index (Phi) is 5.04. The molecule has 0 aliphatic carbocycles. The maximum atomic E-state index is 9.64. The van der Waals surface area contributed by atoms with Crippen molar-refractivity contribution in [1.82, 2.24) is 4.90 Å². The molecule has 0 bridgehead atoms. The molecule has 0 radical (unpaired) electrons. The fourth-order valence-electron chi connectivity index (χ4n) is 2.54. The van der Waals surface area contributed by atoms with E-state index in [0.29, 0.717) is 6.61 Å².